The number of hydrogen-bond acceptors (Lipinski definition) is 5. The summed E-state index contributed by atoms with van der Waals surface area (Å²) < 4.78 is 43.4. The van der Waals surface area contributed by atoms with Gasteiger partial charge < -0.3 is 0 Å². The molecule has 7 nitrogen and oxygen atoms in total. The summed E-state index contributed by atoms with van der Waals surface area (Å²) in [7, 11) is -3.81. The third kappa shape index (κ3) is 4.90. The maximum atomic E-state index is 13.6. The molecule has 0 bridgehead atoms. The molecule has 1 aromatic heterocycles. The lowest BCUT2D eigenvalue weighted by atomic mass is 10.1. The Hall–Kier alpha value is -3.43. The van der Waals surface area contributed by atoms with Crippen LogP contribution in [0.3, 0.4) is 0 Å². The van der Waals surface area contributed by atoms with Gasteiger partial charge in [0.05, 0.1) is 10.6 Å². The first-order valence-electron chi connectivity index (χ1n) is 10.1. The van der Waals surface area contributed by atoms with E-state index in [1.807, 2.05) is 37.3 Å². The Morgan fingerprint density at radius 1 is 0.969 bits per heavy atom. The Balaban J connectivity index is 1.64. The summed E-state index contributed by atoms with van der Waals surface area (Å²) >= 11 is 0. The van der Waals surface area contributed by atoms with Crippen molar-refractivity contribution in [1.82, 2.24) is 24.5 Å². The van der Waals surface area contributed by atoms with Crippen LogP contribution in [0.5, 0.6) is 0 Å². The summed E-state index contributed by atoms with van der Waals surface area (Å²) in [6.07, 6.45) is 2.01. The van der Waals surface area contributed by atoms with E-state index < -0.39 is 10.0 Å². The van der Waals surface area contributed by atoms with Crippen molar-refractivity contribution >= 4 is 10.0 Å². The second kappa shape index (κ2) is 9.37. The summed E-state index contributed by atoms with van der Waals surface area (Å²) in [6, 6.07) is 20.4. The fourth-order valence-electron chi connectivity index (χ4n) is 3.44. The van der Waals surface area contributed by atoms with E-state index in [2.05, 4.69) is 15.5 Å². The Morgan fingerprint density at radius 2 is 1.72 bits per heavy atom. The van der Waals surface area contributed by atoms with Gasteiger partial charge in [-0.25, -0.2) is 17.5 Å². The molecule has 0 aliphatic heterocycles. The quantitative estimate of drug-likeness (QED) is 0.409. The molecule has 4 aromatic rings. The fraction of sp³-hybridized carbons (Fsp3) is 0.174. The van der Waals surface area contributed by atoms with Crippen molar-refractivity contribution in [2.45, 2.75) is 24.8 Å². The number of sulfonamides is 1. The lowest BCUT2D eigenvalue weighted by molar-refractivity contribution is 0.409. The maximum absolute atomic E-state index is 13.6. The third-order valence-electron chi connectivity index (χ3n) is 5.17. The topological polar surface area (TPSA) is 81.0 Å². The zero-order valence-corrected chi connectivity index (χ0v) is 18.3. The first kappa shape index (κ1) is 21.8. The number of hydrogen-bond donors (Lipinski definition) is 0. The van der Waals surface area contributed by atoms with E-state index in [1.54, 1.807) is 30.3 Å². The maximum Gasteiger partial charge on any atom is 0.243 e. The van der Waals surface area contributed by atoms with Gasteiger partial charge in [-0.3, -0.25) is 0 Å². The highest BCUT2D eigenvalue weighted by molar-refractivity contribution is 7.89. The average Bonchev–Trinajstić information content (AvgIpc) is 3.33. The number of nitrogens with zero attached hydrogens (tertiary/aromatic N) is 5. The number of rotatable bonds is 8. The highest BCUT2D eigenvalue weighted by atomic mass is 32.2. The van der Waals surface area contributed by atoms with Crippen LogP contribution in [0.2, 0.25) is 0 Å². The van der Waals surface area contributed by atoms with Crippen LogP contribution in [-0.2, 0) is 23.0 Å². The van der Waals surface area contributed by atoms with Gasteiger partial charge in [-0.05, 0) is 70.8 Å². The molecule has 0 radical (unpaired) electrons. The smallest absolute Gasteiger partial charge is 0.207 e. The minimum Gasteiger partial charge on any atom is -0.207 e. The molecule has 0 N–H and O–H groups in total. The van der Waals surface area contributed by atoms with Crippen LogP contribution in [0.25, 0.3) is 5.69 Å². The zero-order valence-electron chi connectivity index (χ0n) is 17.5. The van der Waals surface area contributed by atoms with Crippen LogP contribution < -0.4 is 0 Å². The van der Waals surface area contributed by atoms with E-state index in [-0.39, 0.29) is 23.8 Å². The largest absolute Gasteiger partial charge is 0.243 e. The van der Waals surface area contributed by atoms with E-state index in [1.165, 1.54) is 27.4 Å². The molecular weight excluding hydrogens is 429 g/mol. The lowest BCUT2D eigenvalue weighted by Crippen LogP contribution is -2.32. The number of aryl methyl sites for hydroxylation is 1. The average molecular weight is 452 g/mol. The van der Waals surface area contributed by atoms with Gasteiger partial charge in [0.15, 0.2) is 0 Å². The Bertz CT molecular complexity index is 1280. The molecule has 4 rings (SSSR count). The van der Waals surface area contributed by atoms with Gasteiger partial charge in [0.25, 0.3) is 0 Å². The molecular formula is C23H22FN5O2S. The van der Waals surface area contributed by atoms with Crippen LogP contribution in [0.1, 0.15) is 16.7 Å². The first-order valence-corrected chi connectivity index (χ1v) is 11.5. The van der Waals surface area contributed by atoms with Crippen molar-refractivity contribution in [2.75, 3.05) is 6.54 Å². The molecule has 0 aliphatic rings. The summed E-state index contributed by atoms with van der Waals surface area (Å²) in [5, 5.41) is 11.1. The Morgan fingerprint density at radius 3 is 2.38 bits per heavy atom. The molecule has 0 unspecified atom stereocenters. The number of tetrazole rings is 1. The summed E-state index contributed by atoms with van der Waals surface area (Å²) in [4.78, 5) is 0.182. The summed E-state index contributed by atoms with van der Waals surface area (Å²) in [5.74, 6) is -0.360. The standard InChI is InChI=1S/C23H22FN5O2S/c1-18-15-22(11-12-23(18)29-17-25-26-27-29)32(30,31)28(14-13-19-5-3-2-4-6-19)16-20-7-9-21(24)10-8-20/h2-12,15,17H,13-14,16H2,1H3. The van der Waals surface area contributed by atoms with E-state index in [4.69, 9.17) is 0 Å². The zero-order chi connectivity index (χ0) is 22.6. The molecule has 0 amide bonds. The second-order valence-electron chi connectivity index (χ2n) is 7.40. The molecule has 0 saturated heterocycles. The van der Waals surface area contributed by atoms with Gasteiger partial charge in [0.1, 0.15) is 12.1 Å². The fourth-order valence-corrected chi connectivity index (χ4v) is 4.96. The summed E-state index contributed by atoms with van der Waals surface area (Å²) in [6.45, 7) is 2.24. The normalized spacial score (nSPS) is 11.7. The Kier molecular flexibility index (Phi) is 6.38. The lowest BCUT2D eigenvalue weighted by Gasteiger charge is -2.23. The van der Waals surface area contributed by atoms with E-state index in [0.29, 0.717) is 17.7 Å². The molecule has 3 aromatic carbocycles. The first-order chi connectivity index (χ1) is 15.4. The molecule has 164 valence electrons. The summed E-state index contributed by atoms with van der Waals surface area (Å²) in [5.41, 5.74) is 3.17. The van der Waals surface area contributed by atoms with Crippen molar-refractivity contribution in [3.63, 3.8) is 0 Å². The highest BCUT2D eigenvalue weighted by Gasteiger charge is 2.25. The van der Waals surface area contributed by atoms with Crippen LogP contribution in [-0.4, -0.2) is 39.5 Å². The minimum absolute atomic E-state index is 0.142. The van der Waals surface area contributed by atoms with Crippen LogP contribution >= 0.6 is 0 Å². The van der Waals surface area contributed by atoms with Crippen molar-refractivity contribution in [3.8, 4) is 5.69 Å². The molecule has 0 spiro atoms. The Labute approximate surface area is 186 Å². The molecule has 1 heterocycles. The second-order valence-corrected chi connectivity index (χ2v) is 9.34. The predicted octanol–water partition coefficient (Wildman–Crippen LogP) is 3.54. The van der Waals surface area contributed by atoms with Gasteiger partial charge in [0.2, 0.25) is 10.0 Å². The highest BCUT2D eigenvalue weighted by Crippen LogP contribution is 2.23. The van der Waals surface area contributed by atoms with Crippen LogP contribution in [0.15, 0.2) is 84.0 Å². The minimum atomic E-state index is -3.81. The number of halogens is 1. The van der Waals surface area contributed by atoms with E-state index >= 15 is 0 Å². The van der Waals surface area contributed by atoms with E-state index in [0.717, 1.165) is 11.1 Å². The van der Waals surface area contributed by atoms with Gasteiger partial charge in [0, 0.05) is 13.1 Å². The van der Waals surface area contributed by atoms with Crippen molar-refractivity contribution in [1.29, 1.82) is 0 Å². The molecule has 0 fully saturated rings. The number of benzene rings is 3. The van der Waals surface area contributed by atoms with Crippen molar-refractivity contribution in [3.05, 3.63) is 102 Å². The van der Waals surface area contributed by atoms with Crippen LogP contribution in [0.4, 0.5) is 4.39 Å². The SMILES string of the molecule is Cc1cc(S(=O)(=O)N(CCc2ccccc2)Cc2ccc(F)cc2)ccc1-n1cnnn1. The van der Waals surface area contributed by atoms with Gasteiger partial charge in [-0.2, -0.15) is 4.31 Å². The van der Waals surface area contributed by atoms with Gasteiger partial charge >= 0.3 is 0 Å². The van der Waals surface area contributed by atoms with Gasteiger partial charge in [-0.1, -0.05) is 42.5 Å². The molecule has 0 atom stereocenters. The molecule has 32 heavy (non-hydrogen) atoms. The molecule has 0 saturated carbocycles. The molecule has 0 aliphatic carbocycles. The van der Waals surface area contributed by atoms with Crippen molar-refractivity contribution < 1.29 is 12.8 Å². The third-order valence-corrected chi connectivity index (χ3v) is 7.01. The molecule has 9 heteroatoms. The van der Waals surface area contributed by atoms with Crippen LogP contribution in [0, 0.1) is 12.7 Å². The monoisotopic (exact) mass is 451 g/mol. The van der Waals surface area contributed by atoms with Gasteiger partial charge in [-0.15, -0.1) is 5.10 Å². The van der Waals surface area contributed by atoms with E-state index in [9.17, 15) is 12.8 Å². The predicted molar refractivity (Wildman–Crippen MR) is 118 cm³/mol. The van der Waals surface area contributed by atoms with Crippen molar-refractivity contribution in [2.24, 2.45) is 0 Å². The number of aromatic nitrogens is 4.